The van der Waals surface area contributed by atoms with Gasteiger partial charge in [-0.25, -0.2) is 0 Å². The summed E-state index contributed by atoms with van der Waals surface area (Å²) in [6.45, 7) is 6.34. The van der Waals surface area contributed by atoms with Crippen molar-refractivity contribution in [3.8, 4) is 0 Å². The highest BCUT2D eigenvalue weighted by Gasteiger charge is 2.36. The Morgan fingerprint density at radius 2 is 1.60 bits per heavy atom. The van der Waals surface area contributed by atoms with E-state index in [-0.39, 0.29) is 11.3 Å². The second-order valence-corrected chi connectivity index (χ2v) is 7.36. The molecule has 0 aromatic rings. The van der Waals surface area contributed by atoms with Crippen LogP contribution in [-0.4, -0.2) is 19.5 Å². The summed E-state index contributed by atoms with van der Waals surface area (Å²) in [7, 11) is -2.87. The van der Waals surface area contributed by atoms with Crippen molar-refractivity contribution in [3.63, 3.8) is 0 Å². The third-order valence-electron chi connectivity index (χ3n) is 3.22. The van der Waals surface area contributed by atoms with Crippen molar-refractivity contribution in [3.05, 3.63) is 0 Å². The number of hydrogen-bond acceptors (Lipinski definition) is 1. The number of unbranched alkanes of at least 4 members (excludes halogenated alkanes) is 3. The monoisotopic (exact) mass is 367 g/mol. The molecule has 0 rings (SSSR count). The summed E-state index contributed by atoms with van der Waals surface area (Å²) in [4.78, 5) is 14.2. The van der Waals surface area contributed by atoms with Gasteiger partial charge in [0, 0.05) is 15.9 Å². The van der Waals surface area contributed by atoms with Crippen molar-refractivity contribution in [2.45, 2.75) is 75.4 Å². The van der Waals surface area contributed by atoms with E-state index in [4.69, 9.17) is 49.2 Å². The van der Waals surface area contributed by atoms with Gasteiger partial charge in [0.05, 0.1) is 0 Å². The zero-order valence-electron chi connectivity index (χ0n) is 12.5. The maximum Gasteiger partial charge on any atom is 0.692 e. The first-order valence-electron chi connectivity index (χ1n) is 7.09. The van der Waals surface area contributed by atoms with Gasteiger partial charge in [-0.1, -0.05) is 46.5 Å². The number of halogens is 3. The number of rotatable bonds is 9. The molecule has 0 amide bonds. The van der Waals surface area contributed by atoms with Gasteiger partial charge in [-0.15, -0.1) is 44.6 Å². The molecule has 0 spiro atoms. The first-order chi connectivity index (χ1) is 9.22. The molecule has 0 heterocycles. The Balaban J connectivity index is 0. The average molecular weight is 369 g/mol. The summed E-state index contributed by atoms with van der Waals surface area (Å²) in [5, 5.41) is 0.108. The quantitative estimate of drug-likeness (QED) is 0.307. The minimum absolute atomic E-state index is 0.108. The van der Waals surface area contributed by atoms with Crippen LogP contribution in [0, 0.1) is 5.92 Å². The van der Waals surface area contributed by atoms with Gasteiger partial charge in [0.2, 0.25) is 0 Å². The van der Waals surface area contributed by atoms with E-state index < -0.39 is 12.6 Å². The predicted octanol–water partition coefficient (Wildman–Crippen LogP) is 5.80. The second-order valence-electron chi connectivity index (χ2n) is 4.75. The molecular weight excluding hydrogens is 341 g/mol. The van der Waals surface area contributed by atoms with Gasteiger partial charge in [0.25, 0.3) is 0 Å². The maximum atomic E-state index is 8.70. The van der Waals surface area contributed by atoms with Crippen LogP contribution in [0.3, 0.4) is 0 Å². The summed E-state index contributed by atoms with van der Waals surface area (Å²) in [5.41, 5.74) is 0. The summed E-state index contributed by atoms with van der Waals surface area (Å²) < 4.78 is 8.04. The van der Waals surface area contributed by atoms with Gasteiger partial charge < -0.3 is 0 Å². The van der Waals surface area contributed by atoms with Crippen molar-refractivity contribution in [2.75, 3.05) is 0 Å². The van der Waals surface area contributed by atoms with Crippen LogP contribution in [0.25, 0.3) is 0 Å². The van der Waals surface area contributed by atoms with Crippen LogP contribution >= 0.6 is 43.1 Å². The van der Waals surface area contributed by atoms with Gasteiger partial charge in [-0.3, -0.25) is 0 Å². The third kappa shape index (κ3) is 12.6. The zero-order valence-corrected chi connectivity index (χ0v) is 15.7. The van der Waals surface area contributed by atoms with E-state index in [2.05, 4.69) is 13.8 Å². The smallest absolute Gasteiger partial charge is 0.134 e. The molecule has 122 valence electrons. The van der Waals surface area contributed by atoms with Gasteiger partial charge >= 0.3 is 8.25 Å². The fourth-order valence-electron chi connectivity index (χ4n) is 2.05. The second kappa shape index (κ2) is 13.5. The molecule has 0 fully saturated rings. The molecule has 7 heteroatoms. The van der Waals surface area contributed by atoms with E-state index >= 15 is 0 Å². The molecular formula is C13H27Cl3O3P+. The number of hydrogen-bond donors (Lipinski definition) is 2. The Morgan fingerprint density at radius 3 is 1.95 bits per heavy atom. The molecule has 0 radical (unpaired) electrons. The minimum atomic E-state index is -2.87. The normalized spacial score (nSPS) is 14.2. The van der Waals surface area contributed by atoms with E-state index in [1.54, 1.807) is 0 Å². The Morgan fingerprint density at radius 1 is 1.10 bits per heavy atom. The SMILES string of the molecule is CCCCCCC(Cl)C(CC)C(Cl)(Cl)CC.O=[P+](O)O. The summed E-state index contributed by atoms with van der Waals surface area (Å²) in [6.07, 6.45) is 7.73. The molecule has 3 nitrogen and oxygen atoms in total. The molecule has 0 aliphatic rings. The van der Waals surface area contributed by atoms with E-state index in [1.807, 2.05) is 6.92 Å². The Hall–Kier alpha value is 0.890. The Kier molecular flexibility index (Phi) is 15.7. The molecule has 0 aromatic carbocycles. The average Bonchev–Trinajstić information content (AvgIpc) is 2.34. The number of alkyl halides is 3. The van der Waals surface area contributed by atoms with Crippen molar-refractivity contribution < 1.29 is 14.4 Å². The molecule has 0 saturated heterocycles. The van der Waals surface area contributed by atoms with Crippen LogP contribution in [0.15, 0.2) is 0 Å². The molecule has 20 heavy (non-hydrogen) atoms. The van der Waals surface area contributed by atoms with Crippen LogP contribution in [0.5, 0.6) is 0 Å². The van der Waals surface area contributed by atoms with Gasteiger partial charge in [0.1, 0.15) is 4.33 Å². The van der Waals surface area contributed by atoms with Crippen LogP contribution in [0.4, 0.5) is 0 Å². The lowest BCUT2D eigenvalue weighted by molar-refractivity contribution is 0.394. The molecule has 2 atom stereocenters. The Bertz CT molecular complexity index is 249. The van der Waals surface area contributed by atoms with Crippen LogP contribution in [0.2, 0.25) is 0 Å². The standard InChI is InChI=1S/C13H25Cl3.HO3P/c1-4-7-8-9-10-12(14)11(5-2)13(15,16)6-3;1-4(2)3/h11-12H,4-10H2,1-3H3;(H-,1,2,3)/p+1. The molecule has 0 bridgehead atoms. The third-order valence-corrected chi connectivity index (χ3v) is 4.84. The maximum absolute atomic E-state index is 8.70. The lowest BCUT2D eigenvalue weighted by Gasteiger charge is -2.31. The molecule has 0 aromatic heterocycles. The Labute approximate surface area is 139 Å². The van der Waals surface area contributed by atoms with Crippen molar-refractivity contribution in [1.82, 2.24) is 0 Å². The topological polar surface area (TPSA) is 57.5 Å². The molecule has 2 unspecified atom stereocenters. The fraction of sp³-hybridized carbons (Fsp3) is 1.00. The molecule has 0 aliphatic carbocycles. The molecule has 0 aliphatic heterocycles. The largest absolute Gasteiger partial charge is 0.692 e. The first-order valence-corrected chi connectivity index (χ1v) is 9.45. The van der Waals surface area contributed by atoms with Crippen LogP contribution in [0.1, 0.15) is 65.7 Å². The lowest BCUT2D eigenvalue weighted by Crippen LogP contribution is -2.32. The van der Waals surface area contributed by atoms with Crippen LogP contribution < -0.4 is 0 Å². The van der Waals surface area contributed by atoms with E-state index in [9.17, 15) is 0 Å². The highest BCUT2D eigenvalue weighted by molar-refractivity contribution is 7.30. The highest BCUT2D eigenvalue weighted by atomic mass is 35.5. The van der Waals surface area contributed by atoms with Crippen molar-refractivity contribution in [1.29, 1.82) is 0 Å². The summed E-state index contributed by atoms with van der Waals surface area (Å²) >= 11 is 19.0. The first kappa shape index (κ1) is 23.2. The van der Waals surface area contributed by atoms with Crippen molar-refractivity contribution in [2.24, 2.45) is 5.92 Å². The summed E-state index contributed by atoms with van der Waals surface area (Å²) in [5.74, 6) is 0.198. The van der Waals surface area contributed by atoms with E-state index in [0.29, 0.717) is 0 Å². The minimum Gasteiger partial charge on any atom is -0.134 e. The van der Waals surface area contributed by atoms with Crippen molar-refractivity contribution >= 4 is 43.1 Å². The molecule has 0 saturated carbocycles. The van der Waals surface area contributed by atoms with Gasteiger partial charge in [-0.2, -0.15) is 0 Å². The zero-order chi connectivity index (χ0) is 16.2. The molecule has 2 N–H and O–H groups in total. The van der Waals surface area contributed by atoms with Gasteiger partial charge in [-0.05, 0) is 19.3 Å². The van der Waals surface area contributed by atoms with E-state index in [0.717, 1.165) is 19.3 Å². The highest BCUT2D eigenvalue weighted by Crippen LogP contribution is 2.41. The lowest BCUT2D eigenvalue weighted by atomic mass is 9.92. The predicted molar refractivity (Wildman–Crippen MR) is 89.0 cm³/mol. The summed E-state index contributed by atoms with van der Waals surface area (Å²) in [6, 6.07) is 0. The fourth-order valence-corrected chi connectivity index (χ4v) is 3.34. The van der Waals surface area contributed by atoms with Gasteiger partial charge in [0.15, 0.2) is 0 Å². The van der Waals surface area contributed by atoms with Crippen LogP contribution in [-0.2, 0) is 4.57 Å². The van der Waals surface area contributed by atoms with E-state index in [1.165, 1.54) is 25.7 Å².